The van der Waals surface area contributed by atoms with Crippen molar-refractivity contribution < 1.29 is 4.74 Å². The van der Waals surface area contributed by atoms with Crippen molar-refractivity contribution in [1.82, 2.24) is 0 Å². The normalized spacial score (nSPS) is 17.0. The van der Waals surface area contributed by atoms with Gasteiger partial charge in [0.1, 0.15) is 0 Å². The minimum atomic E-state index is 0.517. The van der Waals surface area contributed by atoms with Gasteiger partial charge in [-0.15, -0.1) is 0 Å². The van der Waals surface area contributed by atoms with Gasteiger partial charge in [-0.1, -0.05) is 37.0 Å². The van der Waals surface area contributed by atoms with E-state index in [2.05, 4.69) is 36.5 Å². The predicted molar refractivity (Wildman–Crippen MR) is 72.5 cm³/mol. The summed E-state index contributed by atoms with van der Waals surface area (Å²) in [6, 6.07) is 8.50. The Morgan fingerprint density at radius 3 is 2.53 bits per heavy atom. The Morgan fingerprint density at radius 2 is 1.82 bits per heavy atom. The molecular weight excluding hydrogens is 210 g/mol. The van der Waals surface area contributed by atoms with Crippen LogP contribution in [0.5, 0.6) is 0 Å². The van der Waals surface area contributed by atoms with Gasteiger partial charge in [0.15, 0.2) is 0 Å². The van der Waals surface area contributed by atoms with Crippen LogP contribution >= 0.6 is 0 Å². The number of hydrogen-bond donors (Lipinski definition) is 1. The third-order valence-electron chi connectivity index (χ3n) is 3.39. The van der Waals surface area contributed by atoms with E-state index in [1.807, 2.05) is 0 Å². The summed E-state index contributed by atoms with van der Waals surface area (Å²) in [4.78, 5) is 0. The summed E-state index contributed by atoms with van der Waals surface area (Å²) in [7, 11) is 0. The molecule has 0 spiro atoms. The van der Waals surface area contributed by atoms with Crippen LogP contribution in [0.15, 0.2) is 24.3 Å². The van der Waals surface area contributed by atoms with E-state index in [1.54, 1.807) is 0 Å². The lowest BCUT2D eigenvalue weighted by Crippen LogP contribution is -2.20. The highest BCUT2D eigenvalue weighted by Gasteiger charge is 2.12. The summed E-state index contributed by atoms with van der Waals surface area (Å²) in [6.45, 7) is 3.83. The van der Waals surface area contributed by atoms with Gasteiger partial charge in [0, 0.05) is 12.2 Å². The fourth-order valence-electron chi connectivity index (χ4n) is 2.32. The van der Waals surface area contributed by atoms with Crippen molar-refractivity contribution in [1.29, 1.82) is 0 Å². The number of aryl methyl sites for hydroxylation is 1. The standard InChI is InChI=1S/C15H23NO/c1-13-7-9-14(10-8-13)16-11-12-17-15-5-3-2-4-6-15/h7-10,15-16H,2-6,11-12H2,1H3. The van der Waals surface area contributed by atoms with Gasteiger partial charge in [-0.05, 0) is 31.9 Å². The van der Waals surface area contributed by atoms with Crippen LogP contribution in [-0.4, -0.2) is 19.3 Å². The van der Waals surface area contributed by atoms with Crippen LogP contribution in [0, 0.1) is 6.92 Å². The molecule has 1 aromatic rings. The van der Waals surface area contributed by atoms with E-state index in [0.717, 1.165) is 13.2 Å². The molecule has 0 heterocycles. The molecular formula is C15H23NO. The number of rotatable bonds is 5. The first-order chi connectivity index (χ1) is 8.34. The Labute approximate surface area is 104 Å². The lowest BCUT2D eigenvalue weighted by Gasteiger charge is -2.22. The van der Waals surface area contributed by atoms with Crippen molar-refractivity contribution >= 4 is 5.69 Å². The number of hydrogen-bond acceptors (Lipinski definition) is 2. The van der Waals surface area contributed by atoms with E-state index in [9.17, 15) is 0 Å². The number of nitrogens with one attached hydrogen (secondary N) is 1. The zero-order valence-electron chi connectivity index (χ0n) is 10.7. The largest absolute Gasteiger partial charge is 0.383 e. The molecule has 17 heavy (non-hydrogen) atoms. The first-order valence-corrected chi connectivity index (χ1v) is 6.77. The van der Waals surface area contributed by atoms with Crippen molar-refractivity contribution in [2.45, 2.75) is 45.1 Å². The van der Waals surface area contributed by atoms with Gasteiger partial charge in [-0.3, -0.25) is 0 Å². The Bertz CT molecular complexity index is 314. The molecule has 0 aromatic heterocycles. The average molecular weight is 233 g/mol. The molecule has 2 heteroatoms. The number of anilines is 1. The topological polar surface area (TPSA) is 21.3 Å². The van der Waals surface area contributed by atoms with Gasteiger partial charge < -0.3 is 10.1 Å². The third-order valence-corrected chi connectivity index (χ3v) is 3.39. The quantitative estimate of drug-likeness (QED) is 0.782. The maximum Gasteiger partial charge on any atom is 0.0642 e. The molecule has 0 atom stereocenters. The zero-order chi connectivity index (χ0) is 11.9. The maximum atomic E-state index is 5.87. The second-order valence-electron chi connectivity index (χ2n) is 4.92. The van der Waals surface area contributed by atoms with Crippen LogP contribution in [0.2, 0.25) is 0 Å². The smallest absolute Gasteiger partial charge is 0.0642 e. The highest BCUT2D eigenvalue weighted by Crippen LogP contribution is 2.20. The molecule has 0 radical (unpaired) electrons. The van der Waals surface area contributed by atoms with Gasteiger partial charge in [0.25, 0.3) is 0 Å². The molecule has 1 aromatic carbocycles. The van der Waals surface area contributed by atoms with Gasteiger partial charge in [0.2, 0.25) is 0 Å². The summed E-state index contributed by atoms with van der Waals surface area (Å²) in [5.74, 6) is 0. The molecule has 0 aliphatic heterocycles. The first kappa shape index (κ1) is 12.4. The minimum Gasteiger partial charge on any atom is -0.383 e. The van der Waals surface area contributed by atoms with E-state index in [4.69, 9.17) is 4.74 Å². The molecule has 0 saturated heterocycles. The van der Waals surface area contributed by atoms with Crippen LogP contribution in [0.25, 0.3) is 0 Å². The highest BCUT2D eigenvalue weighted by atomic mass is 16.5. The van der Waals surface area contributed by atoms with Crippen LogP contribution in [-0.2, 0) is 4.74 Å². The van der Waals surface area contributed by atoms with Crippen molar-refractivity contribution in [3.63, 3.8) is 0 Å². The second-order valence-corrected chi connectivity index (χ2v) is 4.92. The SMILES string of the molecule is Cc1ccc(NCCOC2CCCCC2)cc1. The number of ether oxygens (including phenoxy) is 1. The summed E-state index contributed by atoms with van der Waals surface area (Å²) in [5.41, 5.74) is 2.48. The monoisotopic (exact) mass is 233 g/mol. The molecule has 0 amide bonds. The van der Waals surface area contributed by atoms with Crippen LogP contribution in [0.3, 0.4) is 0 Å². The van der Waals surface area contributed by atoms with Crippen LogP contribution in [0.4, 0.5) is 5.69 Å². The van der Waals surface area contributed by atoms with Crippen molar-refractivity contribution in [3.05, 3.63) is 29.8 Å². The molecule has 1 saturated carbocycles. The van der Waals surface area contributed by atoms with Gasteiger partial charge in [0.05, 0.1) is 12.7 Å². The molecule has 0 bridgehead atoms. The lowest BCUT2D eigenvalue weighted by molar-refractivity contribution is 0.0347. The van der Waals surface area contributed by atoms with Gasteiger partial charge >= 0.3 is 0 Å². The zero-order valence-corrected chi connectivity index (χ0v) is 10.7. The molecule has 0 unspecified atom stereocenters. The maximum absolute atomic E-state index is 5.87. The van der Waals surface area contributed by atoms with E-state index < -0.39 is 0 Å². The molecule has 2 rings (SSSR count). The molecule has 1 aliphatic rings. The lowest BCUT2D eigenvalue weighted by atomic mass is 9.98. The highest BCUT2D eigenvalue weighted by molar-refractivity contribution is 5.44. The van der Waals surface area contributed by atoms with Crippen LogP contribution < -0.4 is 5.32 Å². The Hall–Kier alpha value is -1.02. The fourth-order valence-corrected chi connectivity index (χ4v) is 2.32. The molecule has 1 N–H and O–H groups in total. The Kier molecular flexibility index (Phi) is 4.87. The first-order valence-electron chi connectivity index (χ1n) is 6.77. The van der Waals surface area contributed by atoms with Crippen molar-refractivity contribution in [2.24, 2.45) is 0 Å². The van der Waals surface area contributed by atoms with Crippen LogP contribution in [0.1, 0.15) is 37.7 Å². The van der Waals surface area contributed by atoms with Crippen molar-refractivity contribution in [2.75, 3.05) is 18.5 Å². The summed E-state index contributed by atoms with van der Waals surface area (Å²) >= 11 is 0. The van der Waals surface area contributed by atoms with Gasteiger partial charge in [-0.2, -0.15) is 0 Å². The van der Waals surface area contributed by atoms with E-state index in [0.29, 0.717) is 6.10 Å². The van der Waals surface area contributed by atoms with Crippen molar-refractivity contribution in [3.8, 4) is 0 Å². The Morgan fingerprint density at radius 1 is 1.12 bits per heavy atom. The molecule has 2 nitrogen and oxygen atoms in total. The predicted octanol–water partition coefficient (Wildman–Crippen LogP) is 3.76. The minimum absolute atomic E-state index is 0.517. The van der Waals surface area contributed by atoms with E-state index in [-0.39, 0.29) is 0 Å². The summed E-state index contributed by atoms with van der Waals surface area (Å²) < 4.78 is 5.87. The fraction of sp³-hybridized carbons (Fsp3) is 0.600. The summed E-state index contributed by atoms with van der Waals surface area (Å²) in [5, 5.41) is 3.39. The summed E-state index contributed by atoms with van der Waals surface area (Å²) in [6.07, 6.45) is 7.10. The van der Waals surface area contributed by atoms with E-state index in [1.165, 1.54) is 43.4 Å². The number of benzene rings is 1. The van der Waals surface area contributed by atoms with Gasteiger partial charge in [-0.25, -0.2) is 0 Å². The van der Waals surface area contributed by atoms with E-state index >= 15 is 0 Å². The Balaban J connectivity index is 1.60. The molecule has 1 fully saturated rings. The average Bonchev–Trinajstić information content (AvgIpc) is 2.38. The molecule has 94 valence electrons. The molecule has 1 aliphatic carbocycles. The third kappa shape index (κ3) is 4.39. The second kappa shape index (κ2) is 6.65.